The van der Waals surface area contributed by atoms with Gasteiger partial charge >= 0.3 is 0 Å². The predicted molar refractivity (Wildman–Crippen MR) is 29.1 cm³/mol. The molecule has 9 heavy (non-hydrogen) atoms. The molecule has 0 saturated carbocycles. The number of hydrogen-bond acceptors (Lipinski definition) is 5. The Balaban J connectivity index is 2.76. The lowest BCUT2D eigenvalue weighted by atomic mass is 10.6. The van der Waals surface area contributed by atoms with Gasteiger partial charge in [0.2, 0.25) is 0 Å². The van der Waals surface area contributed by atoms with Crippen LogP contribution in [0.4, 0.5) is 5.69 Å². The largest absolute Gasteiger partial charge is 0.290 e. The summed E-state index contributed by atoms with van der Waals surface area (Å²) in [7, 11) is 0. The van der Waals surface area contributed by atoms with Crippen LogP contribution in [0, 0.1) is 11.5 Å². The fraction of sp³-hybridized carbons (Fsp3) is 0. The average molecular weight is 121 g/mol. The number of rotatable bonds is 1. The van der Waals surface area contributed by atoms with E-state index in [1.807, 2.05) is 0 Å². The molecule has 1 heterocycles. The second-order valence-electron chi connectivity index (χ2n) is 1.27. The van der Waals surface area contributed by atoms with E-state index in [9.17, 15) is 0 Å². The third-order valence-electron chi connectivity index (χ3n) is 0.697. The van der Waals surface area contributed by atoms with Crippen LogP contribution in [0.25, 0.3) is 0 Å². The Morgan fingerprint density at radius 2 is 2.11 bits per heavy atom. The van der Waals surface area contributed by atoms with E-state index in [-0.39, 0.29) is 0 Å². The predicted octanol–water partition coefficient (Wildman–Crippen LogP) is -0.235. The number of nitriles is 1. The van der Waals surface area contributed by atoms with Gasteiger partial charge in [0.1, 0.15) is 0 Å². The summed E-state index contributed by atoms with van der Waals surface area (Å²) in [5.41, 5.74) is 0.549. The zero-order valence-electron chi connectivity index (χ0n) is 4.44. The third kappa shape index (κ3) is 1.35. The zero-order chi connectivity index (χ0) is 6.53. The summed E-state index contributed by atoms with van der Waals surface area (Å²) in [6.45, 7) is 0. The molecular formula is C4H3N5. The number of nitrogens with zero attached hydrogens (tertiary/aromatic N) is 4. The number of nitrogens with one attached hydrogen (secondary N) is 1. The first-order valence-electron chi connectivity index (χ1n) is 2.22. The summed E-state index contributed by atoms with van der Waals surface area (Å²) in [4.78, 5) is 0. The van der Waals surface area contributed by atoms with Gasteiger partial charge < -0.3 is 0 Å². The molecule has 0 radical (unpaired) electrons. The SMILES string of the molecule is N#CNc1cnnnc1. The number of hydrogen-bond donors (Lipinski definition) is 1. The summed E-state index contributed by atoms with van der Waals surface area (Å²) < 4.78 is 0. The van der Waals surface area contributed by atoms with E-state index in [0.717, 1.165) is 0 Å². The Morgan fingerprint density at radius 3 is 2.67 bits per heavy atom. The van der Waals surface area contributed by atoms with E-state index in [1.165, 1.54) is 12.4 Å². The molecular weight excluding hydrogens is 118 g/mol. The molecule has 5 heteroatoms. The summed E-state index contributed by atoms with van der Waals surface area (Å²) in [5, 5.41) is 20.6. The molecule has 0 atom stereocenters. The first kappa shape index (κ1) is 5.44. The highest BCUT2D eigenvalue weighted by Gasteiger charge is 1.85. The van der Waals surface area contributed by atoms with Gasteiger partial charge in [0, 0.05) is 0 Å². The average Bonchev–Trinajstić information content (AvgIpc) is 1.91. The van der Waals surface area contributed by atoms with Crippen LogP contribution in [-0.4, -0.2) is 15.4 Å². The minimum Gasteiger partial charge on any atom is -0.290 e. The molecule has 1 N–H and O–H groups in total. The molecule has 0 bridgehead atoms. The molecule has 44 valence electrons. The van der Waals surface area contributed by atoms with Crippen molar-refractivity contribution in [2.24, 2.45) is 0 Å². The van der Waals surface area contributed by atoms with E-state index in [4.69, 9.17) is 5.26 Å². The maximum Gasteiger partial charge on any atom is 0.181 e. The molecule has 0 spiro atoms. The van der Waals surface area contributed by atoms with Gasteiger partial charge in [-0.05, 0) is 5.21 Å². The zero-order valence-corrected chi connectivity index (χ0v) is 4.44. The highest BCUT2D eigenvalue weighted by molar-refractivity contribution is 5.40. The lowest BCUT2D eigenvalue weighted by Gasteiger charge is -1.88. The van der Waals surface area contributed by atoms with Crippen LogP contribution in [0.3, 0.4) is 0 Å². The van der Waals surface area contributed by atoms with Crippen molar-refractivity contribution in [3.8, 4) is 6.19 Å². The van der Waals surface area contributed by atoms with Crippen molar-refractivity contribution in [1.29, 1.82) is 5.26 Å². The second-order valence-corrected chi connectivity index (χ2v) is 1.27. The Labute approximate surface area is 51.3 Å². The second kappa shape index (κ2) is 2.57. The Kier molecular flexibility index (Phi) is 1.55. The Hall–Kier alpha value is -1.70. The van der Waals surface area contributed by atoms with Crippen molar-refractivity contribution in [3.63, 3.8) is 0 Å². The minimum absolute atomic E-state index is 0.549. The highest BCUT2D eigenvalue weighted by atomic mass is 15.3. The molecule has 0 amide bonds. The first-order valence-corrected chi connectivity index (χ1v) is 2.22. The lowest BCUT2D eigenvalue weighted by Crippen LogP contribution is -1.91. The molecule has 1 aromatic rings. The third-order valence-corrected chi connectivity index (χ3v) is 0.697. The molecule has 1 rings (SSSR count). The van der Waals surface area contributed by atoms with Gasteiger partial charge in [-0.1, -0.05) is 0 Å². The molecule has 0 aliphatic carbocycles. The van der Waals surface area contributed by atoms with E-state index in [1.54, 1.807) is 6.19 Å². The van der Waals surface area contributed by atoms with Crippen molar-refractivity contribution in [3.05, 3.63) is 12.4 Å². The van der Waals surface area contributed by atoms with Gasteiger partial charge in [0.05, 0.1) is 18.1 Å². The monoisotopic (exact) mass is 121 g/mol. The van der Waals surface area contributed by atoms with Gasteiger partial charge in [-0.15, -0.1) is 10.2 Å². The molecule has 5 nitrogen and oxygen atoms in total. The van der Waals surface area contributed by atoms with Gasteiger partial charge in [-0.25, -0.2) is 0 Å². The maximum absolute atomic E-state index is 8.08. The van der Waals surface area contributed by atoms with Crippen LogP contribution in [0.2, 0.25) is 0 Å². The summed E-state index contributed by atoms with van der Waals surface area (Å²) in [6.07, 6.45) is 4.55. The van der Waals surface area contributed by atoms with Crippen molar-refractivity contribution >= 4 is 5.69 Å². The lowest BCUT2D eigenvalue weighted by molar-refractivity contribution is 0.867. The van der Waals surface area contributed by atoms with Crippen LogP contribution in [0.1, 0.15) is 0 Å². The molecule has 0 aliphatic rings. The molecule has 0 saturated heterocycles. The topological polar surface area (TPSA) is 74.5 Å². The molecule has 0 unspecified atom stereocenters. The van der Waals surface area contributed by atoms with Gasteiger partial charge in [0.15, 0.2) is 6.19 Å². The summed E-state index contributed by atoms with van der Waals surface area (Å²) in [5.74, 6) is 0. The van der Waals surface area contributed by atoms with Crippen LogP contribution in [-0.2, 0) is 0 Å². The van der Waals surface area contributed by atoms with Crippen LogP contribution in [0.5, 0.6) is 0 Å². The molecule has 1 aromatic heterocycles. The smallest absolute Gasteiger partial charge is 0.181 e. The minimum atomic E-state index is 0.549. The fourth-order valence-corrected chi connectivity index (χ4v) is 0.368. The Bertz CT molecular complexity index is 212. The van der Waals surface area contributed by atoms with E-state index >= 15 is 0 Å². The summed E-state index contributed by atoms with van der Waals surface area (Å²) >= 11 is 0. The standard InChI is InChI=1S/C4H3N5/c5-3-6-4-1-7-9-8-2-4/h1-2H,(H,6,9). The molecule has 0 aliphatic heterocycles. The Morgan fingerprint density at radius 1 is 1.44 bits per heavy atom. The number of anilines is 1. The molecule has 0 aromatic carbocycles. The van der Waals surface area contributed by atoms with Crippen molar-refractivity contribution < 1.29 is 0 Å². The number of aromatic nitrogens is 3. The van der Waals surface area contributed by atoms with E-state index < -0.39 is 0 Å². The fourth-order valence-electron chi connectivity index (χ4n) is 0.368. The quantitative estimate of drug-likeness (QED) is 0.410. The van der Waals surface area contributed by atoms with Crippen LogP contribution < -0.4 is 5.32 Å². The summed E-state index contributed by atoms with van der Waals surface area (Å²) in [6, 6.07) is 0. The van der Waals surface area contributed by atoms with E-state index in [0.29, 0.717) is 5.69 Å². The maximum atomic E-state index is 8.08. The van der Waals surface area contributed by atoms with Gasteiger partial charge in [-0.2, -0.15) is 5.26 Å². The molecule has 0 fully saturated rings. The van der Waals surface area contributed by atoms with Crippen LogP contribution in [0.15, 0.2) is 12.4 Å². The van der Waals surface area contributed by atoms with Gasteiger partial charge in [0.25, 0.3) is 0 Å². The van der Waals surface area contributed by atoms with Crippen LogP contribution >= 0.6 is 0 Å². The van der Waals surface area contributed by atoms with Crippen molar-refractivity contribution in [2.45, 2.75) is 0 Å². The van der Waals surface area contributed by atoms with Crippen molar-refractivity contribution in [1.82, 2.24) is 15.4 Å². The van der Waals surface area contributed by atoms with Crippen molar-refractivity contribution in [2.75, 3.05) is 5.32 Å². The highest BCUT2D eigenvalue weighted by Crippen LogP contribution is 1.95. The van der Waals surface area contributed by atoms with E-state index in [2.05, 4.69) is 20.7 Å². The normalized spacial score (nSPS) is 7.89. The first-order chi connectivity index (χ1) is 4.43. The van der Waals surface area contributed by atoms with Gasteiger partial charge in [-0.3, -0.25) is 5.32 Å².